The third-order valence-electron chi connectivity index (χ3n) is 4.35. The van der Waals surface area contributed by atoms with E-state index in [0.29, 0.717) is 27.9 Å². The van der Waals surface area contributed by atoms with Gasteiger partial charge in [-0.05, 0) is 36.4 Å². The Labute approximate surface area is 166 Å². The number of hydrazine groups is 1. The normalized spacial score (nSPS) is 20.8. The van der Waals surface area contributed by atoms with E-state index < -0.39 is 27.2 Å². The topological polar surface area (TPSA) is 118 Å². The minimum Gasteiger partial charge on any atom is -0.454 e. The summed E-state index contributed by atoms with van der Waals surface area (Å²) in [5.41, 5.74) is 6.23. The van der Waals surface area contributed by atoms with Crippen molar-refractivity contribution in [3.8, 4) is 11.5 Å². The molecule has 2 heterocycles. The molecule has 9 nitrogen and oxygen atoms in total. The number of nitrogens with one attached hydrogen (secondary N) is 4. The average Bonchev–Trinajstić information content (AvgIpc) is 3.32. The van der Waals surface area contributed by atoms with Crippen molar-refractivity contribution in [3.63, 3.8) is 0 Å². The number of sulfonamides is 1. The third-order valence-corrected chi connectivity index (χ3v) is 6.23. The molecule has 0 radical (unpaired) electrons. The van der Waals surface area contributed by atoms with Crippen LogP contribution in [0.25, 0.3) is 0 Å². The van der Waals surface area contributed by atoms with Crippen LogP contribution in [0.4, 0.5) is 11.4 Å². The Morgan fingerprint density at radius 3 is 2.57 bits per heavy atom. The van der Waals surface area contributed by atoms with Crippen molar-refractivity contribution in [2.45, 2.75) is 5.37 Å². The lowest BCUT2D eigenvalue weighted by atomic mass is 10.1. The number of ether oxygens (including phenoxy) is 2. The molecule has 2 aromatic rings. The second-order valence-corrected chi connectivity index (χ2v) is 8.50. The van der Waals surface area contributed by atoms with E-state index in [1.807, 2.05) is 0 Å². The van der Waals surface area contributed by atoms with Crippen LogP contribution in [0.15, 0.2) is 42.5 Å². The molecule has 0 saturated carbocycles. The lowest BCUT2D eigenvalue weighted by Crippen LogP contribution is -2.45. The lowest BCUT2D eigenvalue weighted by Gasteiger charge is -2.19. The smallest absolute Gasteiger partial charge is 0.250 e. The van der Waals surface area contributed by atoms with E-state index in [1.54, 1.807) is 42.5 Å². The molecule has 4 N–H and O–H groups in total. The molecule has 2 aromatic carbocycles. The Hall–Kier alpha value is -2.53. The fraction of sp³-hybridized carbons (Fsp3) is 0.235. The number of benzene rings is 2. The van der Waals surface area contributed by atoms with E-state index >= 15 is 0 Å². The second kappa shape index (κ2) is 7.47. The predicted molar refractivity (Wildman–Crippen MR) is 104 cm³/mol. The Morgan fingerprint density at radius 1 is 1.07 bits per heavy atom. The summed E-state index contributed by atoms with van der Waals surface area (Å²) in [7, 11) is -3.89. The molecular formula is C17H17ClN4O5S. The zero-order valence-electron chi connectivity index (χ0n) is 14.4. The van der Waals surface area contributed by atoms with Crippen LogP contribution in [-0.2, 0) is 14.8 Å². The maximum atomic E-state index is 12.7. The Balaban J connectivity index is 1.47. The van der Waals surface area contributed by atoms with Crippen LogP contribution in [0.3, 0.4) is 0 Å². The van der Waals surface area contributed by atoms with E-state index in [0.717, 1.165) is 0 Å². The van der Waals surface area contributed by atoms with Gasteiger partial charge in [0, 0.05) is 29.0 Å². The summed E-state index contributed by atoms with van der Waals surface area (Å²) >= 11 is 5.82. The molecule has 2 unspecified atom stereocenters. The lowest BCUT2D eigenvalue weighted by molar-refractivity contribution is -0.119. The number of rotatable bonds is 5. The molecule has 148 valence electrons. The summed E-state index contributed by atoms with van der Waals surface area (Å²) < 4.78 is 38.5. The molecule has 0 aromatic heterocycles. The average molecular weight is 425 g/mol. The molecule has 0 aliphatic carbocycles. The summed E-state index contributed by atoms with van der Waals surface area (Å²) in [5.74, 6) is -0.179. The van der Waals surface area contributed by atoms with Crippen molar-refractivity contribution >= 4 is 38.9 Å². The Morgan fingerprint density at radius 2 is 1.79 bits per heavy atom. The van der Waals surface area contributed by atoms with Gasteiger partial charge in [0.15, 0.2) is 16.9 Å². The van der Waals surface area contributed by atoms with Gasteiger partial charge in [-0.25, -0.2) is 13.8 Å². The largest absolute Gasteiger partial charge is 0.454 e. The van der Waals surface area contributed by atoms with Gasteiger partial charge in [-0.3, -0.25) is 14.9 Å². The number of carbonyl (C=O) groups is 1. The molecule has 0 bridgehead atoms. The van der Waals surface area contributed by atoms with Gasteiger partial charge in [0.1, 0.15) is 0 Å². The van der Waals surface area contributed by atoms with Crippen LogP contribution < -0.4 is 30.4 Å². The van der Waals surface area contributed by atoms with Gasteiger partial charge in [0.25, 0.3) is 10.0 Å². The van der Waals surface area contributed by atoms with Crippen LogP contribution in [0.2, 0.25) is 5.02 Å². The van der Waals surface area contributed by atoms with Crippen molar-refractivity contribution in [2.75, 3.05) is 23.4 Å². The number of carbonyl (C=O) groups excluding carboxylic acids is 1. The molecule has 4 rings (SSSR count). The number of hydrogen-bond donors (Lipinski definition) is 4. The Kier molecular flexibility index (Phi) is 5.02. The number of halogens is 1. The van der Waals surface area contributed by atoms with Crippen LogP contribution in [-0.4, -0.2) is 33.0 Å². The molecule has 1 amide bonds. The molecule has 0 spiro atoms. The summed E-state index contributed by atoms with van der Waals surface area (Å²) in [6, 6.07) is 11.2. The fourth-order valence-electron chi connectivity index (χ4n) is 2.96. The minimum absolute atomic E-state index is 0.125. The van der Waals surface area contributed by atoms with Crippen LogP contribution >= 0.6 is 11.6 Å². The number of fused-ring (bicyclic) bond motifs is 1. The highest BCUT2D eigenvalue weighted by Crippen LogP contribution is 2.34. The highest BCUT2D eigenvalue weighted by molar-refractivity contribution is 7.93. The molecule has 1 saturated heterocycles. The van der Waals surface area contributed by atoms with Crippen LogP contribution in [0.1, 0.15) is 0 Å². The summed E-state index contributed by atoms with van der Waals surface area (Å²) in [6.07, 6.45) is 0. The van der Waals surface area contributed by atoms with E-state index in [4.69, 9.17) is 21.1 Å². The first kappa shape index (κ1) is 18.8. The van der Waals surface area contributed by atoms with Gasteiger partial charge in [0.05, 0.1) is 5.92 Å². The van der Waals surface area contributed by atoms with Crippen molar-refractivity contribution in [3.05, 3.63) is 47.5 Å². The second-order valence-electron chi connectivity index (χ2n) is 6.26. The first-order valence-electron chi connectivity index (χ1n) is 8.38. The predicted octanol–water partition coefficient (Wildman–Crippen LogP) is 1.50. The Bertz CT molecular complexity index is 999. The number of hydrogen-bond acceptors (Lipinski definition) is 7. The highest BCUT2D eigenvalue weighted by atomic mass is 35.5. The van der Waals surface area contributed by atoms with E-state index in [1.165, 1.54) is 0 Å². The van der Waals surface area contributed by atoms with Gasteiger partial charge < -0.3 is 14.8 Å². The van der Waals surface area contributed by atoms with Gasteiger partial charge in [-0.2, -0.15) is 0 Å². The zero-order valence-corrected chi connectivity index (χ0v) is 16.0. The van der Waals surface area contributed by atoms with Gasteiger partial charge in [0.2, 0.25) is 12.7 Å². The molecule has 1 fully saturated rings. The monoisotopic (exact) mass is 424 g/mol. The maximum absolute atomic E-state index is 12.7. The van der Waals surface area contributed by atoms with Crippen molar-refractivity contribution in [2.24, 2.45) is 5.92 Å². The first-order chi connectivity index (χ1) is 13.4. The van der Waals surface area contributed by atoms with Crippen molar-refractivity contribution in [1.82, 2.24) is 10.9 Å². The van der Waals surface area contributed by atoms with Crippen molar-refractivity contribution < 1.29 is 22.7 Å². The number of amides is 1. The van der Waals surface area contributed by atoms with E-state index in [-0.39, 0.29) is 13.3 Å². The van der Waals surface area contributed by atoms with E-state index in [9.17, 15) is 13.2 Å². The third kappa shape index (κ3) is 3.85. The molecule has 2 aliphatic heterocycles. The maximum Gasteiger partial charge on any atom is 0.250 e. The first-order valence-corrected chi connectivity index (χ1v) is 10.3. The van der Waals surface area contributed by atoms with E-state index in [2.05, 4.69) is 20.9 Å². The molecule has 11 heteroatoms. The van der Waals surface area contributed by atoms with Gasteiger partial charge >= 0.3 is 0 Å². The SMILES string of the molecule is O=C(Nc1ccc2c(c1)OCO2)C1CNNC1S(=O)(=O)Nc1ccc(Cl)cc1. The summed E-state index contributed by atoms with van der Waals surface area (Å²) in [6.45, 7) is 0.280. The fourth-order valence-corrected chi connectivity index (χ4v) is 4.56. The summed E-state index contributed by atoms with van der Waals surface area (Å²) in [4.78, 5) is 12.7. The quantitative estimate of drug-likeness (QED) is 0.574. The minimum atomic E-state index is -3.89. The number of anilines is 2. The molecule has 28 heavy (non-hydrogen) atoms. The standard InChI is InChI=1S/C17H17ClN4O5S/c18-10-1-3-11(4-2-10)22-28(24,25)17-13(8-19-21-17)16(23)20-12-5-6-14-15(7-12)27-9-26-14/h1-7,13,17,19,21-22H,8-9H2,(H,20,23). The summed E-state index contributed by atoms with van der Waals surface area (Å²) in [5, 5.41) is 2.06. The van der Waals surface area contributed by atoms with Crippen LogP contribution in [0, 0.1) is 5.92 Å². The molecular weight excluding hydrogens is 408 g/mol. The molecule has 2 aliphatic rings. The van der Waals surface area contributed by atoms with Crippen LogP contribution in [0.5, 0.6) is 11.5 Å². The molecule has 2 atom stereocenters. The van der Waals surface area contributed by atoms with Gasteiger partial charge in [-0.15, -0.1) is 0 Å². The highest BCUT2D eigenvalue weighted by Gasteiger charge is 2.42. The van der Waals surface area contributed by atoms with Gasteiger partial charge in [-0.1, -0.05) is 11.6 Å². The van der Waals surface area contributed by atoms with Crippen molar-refractivity contribution in [1.29, 1.82) is 0 Å². The zero-order chi connectivity index (χ0) is 19.7.